The van der Waals surface area contributed by atoms with Gasteiger partial charge in [-0.15, -0.1) is 0 Å². The Balaban J connectivity index is 1.40. The highest BCUT2D eigenvalue weighted by molar-refractivity contribution is 5.75. The quantitative estimate of drug-likeness (QED) is 0.217. The number of aromatic nitrogens is 1. The summed E-state index contributed by atoms with van der Waals surface area (Å²) >= 11 is 0. The summed E-state index contributed by atoms with van der Waals surface area (Å²) in [5, 5.41) is 12.8. The molecule has 1 aromatic heterocycles. The Morgan fingerprint density at radius 1 is 0.837 bits per heavy atom. The van der Waals surface area contributed by atoms with Gasteiger partial charge in [0.1, 0.15) is 23.9 Å². The molecule has 0 saturated carbocycles. The van der Waals surface area contributed by atoms with Gasteiger partial charge in [0.05, 0.1) is 57.5 Å². The lowest BCUT2D eigenvalue weighted by atomic mass is 10.0. The molecule has 0 unspecified atom stereocenters. The molecule has 2 aromatic carbocycles. The highest BCUT2D eigenvalue weighted by Crippen LogP contribution is 2.35. The van der Waals surface area contributed by atoms with Gasteiger partial charge in [0.25, 0.3) is 0 Å². The van der Waals surface area contributed by atoms with E-state index in [0.717, 1.165) is 67.5 Å². The molecular weight excluding hydrogens is 546 g/mol. The van der Waals surface area contributed by atoms with E-state index in [1.165, 1.54) is 0 Å². The van der Waals surface area contributed by atoms with Crippen LogP contribution < -0.4 is 19.7 Å². The number of hydrogen-bond acceptors (Lipinski definition) is 10. The molecule has 3 aromatic rings. The topological polar surface area (TPSA) is 101 Å². The number of likely N-dealkylation sites (N-methyl/N-ethyl adjacent to an activating group) is 1. The maximum atomic E-state index is 9.39. The third kappa shape index (κ3) is 9.83. The summed E-state index contributed by atoms with van der Waals surface area (Å²) in [6.45, 7) is 9.82. The summed E-state index contributed by atoms with van der Waals surface area (Å²) in [6.07, 6.45) is 2.75. The summed E-state index contributed by atoms with van der Waals surface area (Å²) in [5.74, 6) is 2.16. The molecule has 1 aliphatic heterocycles. The van der Waals surface area contributed by atoms with E-state index in [4.69, 9.17) is 23.7 Å². The number of benzene rings is 2. The van der Waals surface area contributed by atoms with Crippen LogP contribution in [0.15, 0.2) is 54.7 Å². The average Bonchev–Trinajstić information content (AvgIpc) is 3.04. The lowest BCUT2D eigenvalue weighted by Crippen LogP contribution is -2.44. The van der Waals surface area contributed by atoms with Crippen molar-refractivity contribution in [1.82, 2.24) is 9.88 Å². The summed E-state index contributed by atoms with van der Waals surface area (Å²) in [4.78, 5) is 9.22. The zero-order chi connectivity index (χ0) is 30.3. The van der Waals surface area contributed by atoms with E-state index in [2.05, 4.69) is 46.2 Å². The van der Waals surface area contributed by atoms with Crippen molar-refractivity contribution in [2.45, 2.75) is 13.3 Å². The SMILES string of the molecule is CCCOCCOCCOCCOc1cc(Nc2cc(-c3cc(C#N)ccc3OC)ccn2)ccc1N1CCN(C)CC1. The standard InChI is InChI=1S/C33H43N5O5/c1-4-15-40-16-17-41-18-19-42-20-21-43-32-24-28(6-7-30(32)38-13-11-37(2)12-14-38)36-33-23-27(9-10-35-33)29-22-26(25-34)5-8-31(29)39-3/h5-10,22-24H,4,11-21H2,1-3H3,(H,35,36). The van der Waals surface area contributed by atoms with Crippen LogP contribution in [0.1, 0.15) is 18.9 Å². The van der Waals surface area contributed by atoms with Gasteiger partial charge in [0.2, 0.25) is 0 Å². The molecule has 10 heteroatoms. The fourth-order valence-electron chi connectivity index (χ4n) is 4.73. The van der Waals surface area contributed by atoms with Crippen LogP contribution >= 0.6 is 0 Å². The molecule has 4 rings (SSSR count). The molecule has 0 atom stereocenters. The first kappa shape index (κ1) is 32.0. The van der Waals surface area contributed by atoms with Crippen molar-refractivity contribution < 1.29 is 23.7 Å². The van der Waals surface area contributed by atoms with Crippen LogP contribution in [0.4, 0.5) is 17.2 Å². The highest BCUT2D eigenvalue weighted by atomic mass is 16.6. The van der Waals surface area contributed by atoms with Gasteiger partial charge < -0.3 is 38.8 Å². The van der Waals surface area contributed by atoms with Gasteiger partial charge in [-0.1, -0.05) is 6.92 Å². The number of nitriles is 1. The van der Waals surface area contributed by atoms with Crippen LogP contribution in [0.25, 0.3) is 11.1 Å². The first-order chi connectivity index (χ1) is 21.1. The Morgan fingerprint density at radius 2 is 1.56 bits per heavy atom. The number of rotatable bonds is 17. The van der Waals surface area contributed by atoms with Gasteiger partial charge in [0, 0.05) is 56.3 Å². The van der Waals surface area contributed by atoms with Crippen molar-refractivity contribution in [3.8, 4) is 28.7 Å². The molecule has 1 N–H and O–H groups in total. The number of pyridine rings is 1. The van der Waals surface area contributed by atoms with E-state index >= 15 is 0 Å². The normalized spacial score (nSPS) is 13.5. The number of hydrogen-bond donors (Lipinski definition) is 1. The van der Waals surface area contributed by atoms with E-state index in [9.17, 15) is 5.26 Å². The van der Waals surface area contributed by atoms with Crippen molar-refractivity contribution in [2.24, 2.45) is 0 Å². The molecule has 0 bridgehead atoms. The molecule has 10 nitrogen and oxygen atoms in total. The minimum absolute atomic E-state index is 0.423. The van der Waals surface area contributed by atoms with Crippen LogP contribution in [0.3, 0.4) is 0 Å². The Morgan fingerprint density at radius 3 is 2.26 bits per heavy atom. The first-order valence-electron chi connectivity index (χ1n) is 14.9. The molecule has 43 heavy (non-hydrogen) atoms. The molecule has 0 spiro atoms. The second kappa shape index (κ2) is 17.3. The smallest absolute Gasteiger partial charge is 0.144 e. The van der Waals surface area contributed by atoms with Crippen LogP contribution in [-0.4, -0.2) is 96.5 Å². The second-order valence-corrected chi connectivity index (χ2v) is 10.2. The Hall–Kier alpha value is -3.88. The minimum Gasteiger partial charge on any atom is -0.496 e. The van der Waals surface area contributed by atoms with Gasteiger partial charge >= 0.3 is 0 Å². The maximum Gasteiger partial charge on any atom is 0.144 e. The third-order valence-electron chi connectivity index (χ3n) is 7.05. The van der Waals surface area contributed by atoms with Gasteiger partial charge in [0.15, 0.2) is 0 Å². The van der Waals surface area contributed by atoms with Gasteiger partial charge in [-0.3, -0.25) is 0 Å². The Kier molecular flexibility index (Phi) is 12.9. The molecule has 2 heterocycles. The molecule has 0 radical (unpaired) electrons. The average molecular weight is 590 g/mol. The van der Waals surface area contributed by atoms with Gasteiger partial charge in [-0.25, -0.2) is 4.98 Å². The number of nitrogens with zero attached hydrogens (tertiary/aromatic N) is 4. The summed E-state index contributed by atoms with van der Waals surface area (Å²) in [6, 6.07) is 17.6. The third-order valence-corrected chi connectivity index (χ3v) is 7.05. The van der Waals surface area contributed by atoms with Crippen LogP contribution in [0.2, 0.25) is 0 Å². The Labute approximate surface area is 255 Å². The molecule has 1 fully saturated rings. The predicted molar refractivity (Wildman–Crippen MR) is 169 cm³/mol. The number of anilines is 3. The Bertz CT molecular complexity index is 1320. The van der Waals surface area contributed by atoms with E-state index in [-0.39, 0.29) is 0 Å². The van der Waals surface area contributed by atoms with E-state index in [0.29, 0.717) is 56.8 Å². The lowest BCUT2D eigenvalue weighted by molar-refractivity contribution is 0.00947. The van der Waals surface area contributed by atoms with Crippen LogP contribution in [0, 0.1) is 11.3 Å². The molecule has 1 saturated heterocycles. The number of nitrogens with one attached hydrogen (secondary N) is 1. The van der Waals surface area contributed by atoms with Crippen molar-refractivity contribution in [3.63, 3.8) is 0 Å². The zero-order valence-electron chi connectivity index (χ0n) is 25.5. The van der Waals surface area contributed by atoms with Gasteiger partial charge in [-0.2, -0.15) is 5.26 Å². The highest BCUT2D eigenvalue weighted by Gasteiger charge is 2.19. The zero-order valence-corrected chi connectivity index (χ0v) is 25.5. The predicted octanol–water partition coefficient (Wildman–Crippen LogP) is 4.96. The van der Waals surface area contributed by atoms with Crippen LogP contribution in [0.5, 0.6) is 11.5 Å². The number of ether oxygens (including phenoxy) is 5. The summed E-state index contributed by atoms with van der Waals surface area (Å²) in [5.41, 5.74) is 4.21. The number of piperazine rings is 1. The van der Waals surface area contributed by atoms with Crippen molar-refractivity contribution in [3.05, 3.63) is 60.3 Å². The van der Waals surface area contributed by atoms with E-state index in [1.807, 2.05) is 36.4 Å². The molecular formula is C33H43N5O5. The van der Waals surface area contributed by atoms with Gasteiger partial charge in [-0.05, 0) is 61.5 Å². The summed E-state index contributed by atoms with van der Waals surface area (Å²) < 4.78 is 28.5. The summed E-state index contributed by atoms with van der Waals surface area (Å²) in [7, 11) is 3.77. The molecule has 230 valence electrons. The minimum atomic E-state index is 0.423. The van der Waals surface area contributed by atoms with Crippen molar-refractivity contribution in [1.29, 1.82) is 5.26 Å². The van der Waals surface area contributed by atoms with E-state index < -0.39 is 0 Å². The number of methoxy groups -OCH3 is 1. The second-order valence-electron chi connectivity index (χ2n) is 10.2. The monoisotopic (exact) mass is 589 g/mol. The fourth-order valence-corrected chi connectivity index (χ4v) is 4.73. The van der Waals surface area contributed by atoms with E-state index in [1.54, 1.807) is 19.4 Å². The van der Waals surface area contributed by atoms with Crippen LogP contribution in [-0.2, 0) is 14.2 Å². The largest absolute Gasteiger partial charge is 0.496 e. The van der Waals surface area contributed by atoms with Crippen molar-refractivity contribution >= 4 is 17.2 Å². The molecule has 1 aliphatic rings. The first-order valence-corrected chi connectivity index (χ1v) is 14.9. The maximum absolute atomic E-state index is 9.39. The molecule has 0 aliphatic carbocycles. The van der Waals surface area contributed by atoms with Crippen molar-refractivity contribution in [2.75, 3.05) is 96.8 Å². The fraction of sp³-hybridized carbons (Fsp3) is 0.455. The lowest BCUT2D eigenvalue weighted by Gasteiger charge is -2.35. The molecule has 0 amide bonds.